The Morgan fingerprint density at radius 3 is 1.22 bits per heavy atom. The molecule has 0 amide bonds. The lowest BCUT2D eigenvalue weighted by atomic mass is 9.76. The molecule has 3 rings (SSSR count). The molecule has 1 aliphatic rings. The molecule has 0 N–H and O–H groups in total. The molecule has 0 radical (unpaired) electrons. The van der Waals surface area contributed by atoms with Gasteiger partial charge in [-0.3, -0.25) is 0 Å². The first-order valence-corrected chi connectivity index (χ1v) is 15.0. The van der Waals surface area contributed by atoms with Gasteiger partial charge in [0.2, 0.25) is 0 Å². The number of benzene rings is 2. The summed E-state index contributed by atoms with van der Waals surface area (Å²) in [6.45, 7) is 26.2. The summed E-state index contributed by atoms with van der Waals surface area (Å²) in [6, 6.07) is 8.80. The van der Waals surface area contributed by atoms with Gasteiger partial charge in [0.1, 0.15) is 24.2 Å². The first-order valence-electron chi connectivity index (χ1n) is 13.0. The van der Waals surface area contributed by atoms with Crippen molar-refractivity contribution >= 4 is 7.37 Å². The number of rotatable bonds is 0. The quantitative estimate of drug-likeness (QED) is 0.337. The third-order valence-electron chi connectivity index (χ3n) is 6.87. The van der Waals surface area contributed by atoms with Crippen LogP contribution in [0.4, 0.5) is 0 Å². The molecule has 36 heavy (non-hydrogen) atoms. The van der Waals surface area contributed by atoms with Crippen molar-refractivity contribution in [3.8, 4) is 11.5 Å². The van der Waals surface area contributed by atoms with Gasteiger partial charge >= 0.3 is 0 Å². The standard InChI is InChI=1S/C31H47O4P/c1-28(2,3)22-14-20-13-21-15-23(29(4,5)6)17-25(31(10,11)12)27(21)35-19-36(32,33)18-34-26(20)24(16-22)30(7,8)9/h14-17H,13,18-19H2,1-12H3,(H,32,33)/p-1. The van der Waals surface area contributed by atoms with E-state index in [0.717, 1.165) is 22.3 Å². The summed E-state index contributed by atoms with van der Waals surface area (Å²) in [6.07, 6.45) is -0.149. The minimum Gasteiger partial charge on any atom is -0.795 e. The Kier molecular flexibility index (Phi) is 7.36. The normalized spacial score (nSPS) is 16.9. The van der Waals surface area contributed by atoms with Gasteiger partial charge in [-0.05, 0) is 43.9 Å². The zero-order valence-corrected chi connectivity index (χ0v) is 25.4. The van der Waals surface area contributed by atoms with Crippen LogP contribution < -0.4 is 14.4 Å². The number of hydrogen-bond acceptors (Lipinski definition) is 4. The summed E-state index contributed by atoms with van der Waals surface area (Å²) in [5.74, 6) is 1.38. The minimum absolute atomic E-state index is 0.0681. The molecular formula is C31H46O4P-. The van der Waals surface area contributed by atoms with Gasteiger partial charge < -0.3 is 18.9 Å². The van der Waals surface area contributed by atoms with Crippen molar-refractivity contribution in [2.45, 2.75) is 111 Å². The number of hydrogen-bond donors (Lipinski definition) is 0. The highest BCUT2D eigenvalue weighted by Gasteiger charge is 2.31. The molecule has 0 atom stereocenters. The molecule has 200 valence electrons. The fourth-order valence-corrected chi connectivity index (χ4v) is 5.26. The van der Waals surface area contributed by atoms with E-state index in [0.29, 0.717) is 17.9 Å². The van der Waals surface area contributed by atoms with Crippen molar-refractivity contribution in [1.82, 2.24) is 0 Å². The largest absolute Gasteiger partial charge is 0.795 e. The molecule has 0 unspecified atom stereocenters. The summed E-state index contributed by atoms with van der Waals surface area (Å²) in [5, 5.41) is 0. The van der Waals surface area contributed by atoms with Gasteiger partial charge in [-0.1, -0.05) is 107 Å². The van der Waals surface area contributed by atoms with Gasteiger partial charge in [0.25, 0.3) is 0 Å². The second-order valence-electron chi connectivity index (χ2n) is 14.6. The van der Waals surface area contributed by atoms with Crippen LogP contribution in [0.5, 0.6) is 11.5 Å². The fraction of sp³-hybridized carbons (Fsp3) is 0.613. The van der Waals surface area contributed by atoms with Gasteiger partial charge in [-0.2, -0.15) is 0 Å². The van der Waals surface area contributed by atoms with Crippen molar-refractivity contribution in [2.75, 3.05) is 12.7 Å². The molecule has 5 heteroatoms. The molecule has 0 bridgehead atoms. The predicted molar refractivity (Wildman–Crippen MR) is 149 cm³/mol. The van der Waals surface area contributed by atoms with Gasteiger partial charge in [0.05, 0.1) is 7.37 Å². The molecule has 4 nitrogen and oxygen atoms in total. The summed E-state index contributed by atoms with van der Waals surface area (Å²) in [5.41, 5.74) is 5.94. The molecule has 2 aromatic rings. The Morgan fingerprint density at radius 2 is 0.944 bits per heavy atom. The molecule has 0 fully saturated rings. The lowest BCUT2D eigenvalue weighted by Gasteiger charge is -2.34. The van der Waals surface area contributed by atoms with Crippen LogP contribution in [0.2, 0.25) is 0 Å². The Balaban J connectivity index is 2.43. The molecule has 0 saturated heterocycles. The van der Waals surface area contributed by atoms with Crippen LogP contribution in [-0.4, -0.2) is 12.7 Å². The maximum atomic E-state index is 13.1. The highest BCUT2D eigenvalue weighted by molar-refractivity contribution is 7.56. The Morgan fingerprint density at radius 1 is 0.611 bits per heavy atom. The van der Waals surface area contributed by atoms with E-state index in [2.05, 4.69) is 107 Å². The minimum atomic E-state index is -3.94. The van der Waals surface area contributed by atoms with E-state index in [-0.39, 0.29) is 34.4 Å². The Bertz CT molecular complexity index is 1090. The molecule has 2 aromatic carbocycles. The van der Waals surface area contributed by atoms with Crippen LogP contribution in [0, 0.1) is 0 Å². The number of fused-ring (bicyclic) bond motifs is 2. The lowest BCUT2D eigenvalue weighted by molar-refractivity contribution is -0.180. The van der Waals surface area contributed by atoms with Crippen LogP contribution in [-0.2, 0) is 32.6 Å². The third kappa shape index (κ3) is 6.37. The monoisotopic (exact) mass is 513 g/mol. The second-order valence-corrected chi connectivity index (χ2v) is 16.7. The zero-order valence-electron chi connectivity index (χ0n) is 24.5. The summed E-state index contributed by atoms with van der Waals surface area (Å²) in [7, 11) is -3.94. The lowest BCUT2D eigenvalue weighted by Crippen LogP contribution is -2.24. The van der Waals surface area contributed by atoms with Crippen LogP contribution in [0.1, 0.15) is 116 Å². The average molecular weight is 514 g/mol. The van der Waals surface area contributed by atoms with E-state index in [4.69, 9.17) is 9.47 Å². The van der Waals surface area contributed by atoms with Gasteiger partial charge in [-0.25, -0.2) is 0 Å². The molecule has 0 spiro atoms. The van der Waals surface area contributed by atoms with Crippen LogP contribution in [0.25, 0.3) is 0 Å². The second kappa shape index (κ2) is 9.21. The van der Waals surface area contributed by atoms with E-state index in [9.17, 15) is 9.46 Å². The van der Waals surface area contributed by atoms with Crippen LogP contribution in [0.15, 0.2) is 24.3 Å². The van der Waals surface area contributed by atoms with Crippen molar-refractivity contribution in [3.63, 3.8) is 0 Å². The van der Waals surface area contributed by atoms with E-state index >= 15 is 0 Å². The van der Waals surface area contributed by atoms with Crippen molar-refractivity contribution < 1.29 is 18.9 Å². The maximum Gasteiger partial charge on any atom is 0.131 e. The van der Waals surface area contributed by atoms with Crippen molar-refractivity contribution in [2.24, 2.45) is 0 Å². The smallest absolute Gasteiger partial charge is 0.131 e. The first kappa shape index (κ1) is 28.8. The predicted octanol–water partition coefficient (Wildman–Crippen LogP) is 7.79. The van der Waals surface area contributed by atoms with Gasteiger partial charge in [0.15, 0.2) is 0 Å². The molecule has 1 aliphatic heterocycles. The zero-order chi connectivity index (χ0) is 27.5. The Labute approximate surface area is 219 Å². The molecule has 0 saturated carbocycles. The van der Waals surface area contributed by atoms with Crippen molar-refractivity contribution in [1.29, 1.82) is 0 Å². The molecule has 0 aromatic heterocycles. The van der Waals surface area contributed by atoms with E-state index in [1.165, 1.54) is 11.1 Å². The summed E-state index contributed by atoms with van der Waals surface area (Å²) < 4.78 is 25.4. The van der Waals surface area contributed by atoms with Crippen LogP contribution >= 0.6 is 7.37 Å². The van der Waals surface area contributed by atoms with E-state index < -0.39 is 7.37 Å². The van der Waals surface area contributed by atoms with Gasteiger partial charge in [-0.15, -0.1) is 0 Å². The van der Waals surface area contributed by atoms with Crippen LogP contribution in [0.3, 0.4) is 0 Å². The maximum absolute atomic E-state index is 13.1. The highest BCUT2D eigenvalue weighted by atomic mass is 31.2. The average Bonchev–Trinajstić information content (AvgIpc) is 2.67. The Hall–Kier alpha value is -1.77. The SMILES string of the molecule is CC(C)(C)c1cc2c(c(C(C)(C)C)c1)OCP(=O)([O-])COc1c(cc(C(C)(C)C)cc1C(C)(C)C)C2. The van der Waals surface area contributed by atoms with Crippen molar-refractivity contribution in [3.05, 3.63) is 57.6 Å². The van der Waals surface area contributed by atoms with Gasteiger partial charge in [0, 0.05) is 17.5 Å². The first-order chi connectivity index (χ1) is 16.1. The fourth-order valence-electron chi connectivity index (χ4n) is 4.53. The van der Waals surface area contributed by atoms with E-state index in [1.54, 1.807) is 0 Å². The van der Waals surface area contributed by atoms with E-state index in [1.807, 2.05) is 0 Å². The summed E-state index contributed by atoms with van der Waals surface area (Å²) in [4.78, 5) is 13.1. The molecular weight excluding hydrogens is 467 g/mol. The molecule has 0 aliphatic carbocycles. The summed E-state index contributed by atoms with van der Waals surface area (Å²) >= 11 is 0. The third-order valence-corrected chi connectivity index (χ3v) is 7.92. The topological polar surface area (TPSA) is 58.6 Å². The number of ether oxygens (including phenoxy) is 2. The highest BCUT2D eigenvalue weighted by Crippen LogP contribution is 2.47. The molecule has 1 heterocycles.